The zero-order valence-corrected chi connectivity index (χ0v) is 6.54. The lowest BCUT2D eigenvalue weighted by Gasteiger charge is -2.04. The summed E-state index contributed by atoms with van der Waals surface area (Å²) in [5.74, 6) is 0. The van der Waals surface area contributed by atoms with Gasteiger partial charge in [-0.15, -0.1) is 0 Å². The van der Waals surface area contributed by atoms with Gasteiger partial charge in [0.05, 0.1) is 11.8 Å². The number of aliphatic hydroxyl groups excluding tert-OH is 1. The number of pyridine rings is 1. The van der Waals surface area contributed by atoms with Gasteiger partial charge in [-0.2, -0.15) is 0 Å². The van der Waals surface area contributed by atoms with Crippen LogP contribution < -0.4 is 0 Å². The van der Waals surface area contributed by atoms with Crippen LogP contribution in [0.4, 0.5) is 8.78 Å². The molecular weight excluding hydrogens is 164 g/mol. The minimum Gasteiger partial charge on any atom is -0.387 e. The number of aliphatic hydroxyl groups is 1. The summed E-state index contributed by atoms with van der Waals surface area (Å²) in [4.78, 5) is 3.57. The van der Waals surface area contributed by atoms with Crippen LogP contribution in [0.2, 0.25) is 0 Å². The molecule has 0 aliphatic rings. The highest BCUT2D eigenvalue weighted by atomic mass is 19.3. The van der Waals surface area contributed by atoms with E-state index in [9.17, 15) is 8.78 Å². The number of halogens is 2. The summed E-state index contributed by atoms with van der Waals surface area (Å²) in [6, 6.07) is 4.20. The fourth-order valence-electron chi connectivity index (χ4n) is 0.823. The maximum atomic E-state index is 12.1. The molecule has 12 heavy (non-hydrogen) atoms. The molecule has 4 heteroatoms. The van der Waals surface area contributed by atoms with Crippen LogP contribution in [-0.2, 0) is 0 Å². The van der Waals surface area contributed by atoms with E-state index < -0.39 is 12.5 Å². The lowest BCUT2D eigenvalue weighted by Crippen LogP contribution is -1.98. The maximum absolute atomic E-state index is 12.1. The van der Waals surface area contributed by atoms with Crippen molar-refractivity contribution in [2.75, 3.05) is 0 Å². The van der Waals surface area contributed by atoms with Crippen molar-refractivity contribution in [3.63, 3.8) is 0 Å². The van der Waals surface area contributed by atoms with Crippen molar-refractivity contribution in [2.24, 2.45) is 0 Å². The SMILES string of the molecule is CC(O)c1cccc(C(F)F)n1. The van der Waals surface area contributed by atoms with E-state index in [1.807, 2.05) is 0 Å². The highest BCUT2D eigenvalue weighted by molar-refractivity contribution is 5.13. The predicted octanol–water partition coefficient (Wildman–Crippen LogP) is 2.07. The van der Waals surface area contributed by atoms with E-state index in [-0.39, 0.29) is 11.4 Å². The Hall–Kier alpha value is -1.03. The monoisotopic (exact) mass is 173 g/mol. The van der Waals surface area contributed by atoms with Gasteiger partial charge >= 0.3 is 0 Å². The summed E-state index contributed by atoms with van der Waals surface area (Å²) in [7, 11) is 0. The fourth-order valence-corrected chi connectivity index (χ4v) is 0.823. The molecule has 0 aromatic carbocycles. The van der Waals surface area contributed by atoms with Gasteiger partial charge in [0.15, 0.2) is 0 Å². The standard InChI is InChI=1S/C8H9F2NO/c1-5(12)6-3-2-4-7(11-6)8(9)10/h2-5,8,12H,1H3. The summed E-state index contributed by atoms with van der Waals surface area (Å²) in [6.45, 7) is 1.48. The molecule has 66 valence electrons. The number of hydrogen-bond donors (Lipinski definition) is 1. The van der Waals surface area contributed by atoms with Gasteiger partial charge in [0.1, 0.15) is 5.69 Å². The first kappa shape index (κ1) is 9.06. The Morgan fingerprint density at radius 1 is 1.33 bits per heavy atom. The average Bonchev–Trinajstić information content (AvgIpc) is 2.04. The zero-order chi connectivity index (χ0) is 9.14. The molecule has 1 N–H and O–H groups in total. The third-order valence-electron chi connectivity index (χ3n) is 1.44. The van der Waals surface area contributed by atoms with Crippen LogP contribution in [0.1, 0.15) is 30.8 Å². The molecule has 0 spiro atoms. The highest BCUT2D eigenvalue weighted by Gasteiger charge is 2.10. The topological polar surface area (TPSA) is 33.1 Å². The van der Waals surface area contributed by atoms with E-state index >= 15 is 0 Å². The van der Waals surface area contributed by atoms with Gasteiger partial charge in [-0.05, 0) is 19.1 Å². The number of rotatable bonds is 2. The van der Waals surface area contributed by atoms with Crippen molar-refractivity contribution in [3.8, 4) is 0 Å². The molecule has 1 aromatic rings. The summed E-state index contributed by atoms with van der Waals surface area (Å²) >= 11 is 0. The second-order valence-electron chi connectivity index (χ2n) is 2.46. The molecule has 0 bridgehead atoms. The van der Waals surface area contributed by atoms with Gasteiger partial charge in [0.25, 0.3) is 6.43 Å². The van der Waals surface area contributed by atoms with Crippen molar-refractivity contribution in [3.05, 3.63) is 29.6 Å². The molecule has 1 heterocycles. The van der Waals surface area contributed by atoms with Crippen molar-refractivity contribution < 1.29 is 13.9 Å². The van der Waals surface area contributed by atoms with Crippen LogP contribution in [0.15, 0.2) is 18.2 Å². The molecule has 0 fully saturated rings. The Balaban J connectivity index is 2.96. The van der Waals surface area contributed by atoms with Crippen LogP contribution in [0.3, 0.4) is 0 Å². The molecular formula is C8H9F2NO. The molecule has 0 saturated carbocycles. The Labute approximate surface area is 68.9 Å². The van der Waals surface area contributed by atoms with E-state index in [4.69, 9.17) is 5.11 Å². The normalized spacial score (nSPS) is 13.4. The van der Waals surface area contributed by atoms with Crippen LogP contribution >= 0.6 is 0 Å². The number of nitrogens with zero attached hydrogens (tertiary/aromatic N) is 1. The first-order chi connectivity index (χ1) is 5.61. The fraction of sp³-hybridized carbons (Fsp3) is 0.375. The van der Waals surface area contributed by atoms with E-state index in [1.54, 1.807) is 0 Å². The third kappa shape index (κ3) is 1.98. The summed E-state index contributed by atoms with van der Waals surface area (Å²) < 4.78 is 24.1. The molecule has 1 atom stereocenters. The molecule has 2 nitrogen and oxygen atoms in total. The van der Waals surface area contributed by atoms with E-state index in [1.165, 1.54) is 25.1 Å². The van der Waals surface area contributed by atoms with Gasteiger partial charge in [-0.25, -0.2) is 13.8 Å². The minimum atomic E-state index is -2.58. The molecule has 0 radical (unpaired) electrons. The lowest BCUT2D eigenvalue weighted by atomic mass is 10.2. The molecule has 0 aliphatic heterocycles. The van der Waals surface area contributed by atoms with Crippen molar-refractivity contribution in [2.45, 2.75) is 19.5 Å². The zero-order valence-electron chi connectivity index (χ0n) is 6.54. The second-order valence-corrected chi connectivity index (χ2v) is 2.46. The van der Waals surface area contributed by atoms with E-state index in [2.05, 4.69) is 4.98 Å². The van der Waals surface area contributed by atoms with Crippen molar-refractivity contribution in [1.29, 1.82) is 0 Å². The Morgan fingerprint density at radius 2 is 1.92 bits per heavy atom. The van der Waals surface area contributed by atoms with Gasteiger partial charge in [0, 0.05) is 0 Å². The first-order valence-electron chi connectivity index (χ1n) is 3.54. The molecule has 0 aliphatic carbocycles. The predicted molar refractivity (Wildman–Crippen MR) is 39.8 cm³/mol. The van der Waals surface area contributed by atoms with Crippen LogP contribution in [-0.4, -0.2) is 10.1 Å². The first-order valence-corrected chi connectivity index (χ1v) is 3.54. The highest BCUT2D eigenvalue weighted by Crippen LogP contribution is 2.18. The Kier molecular flexibility index (Phi) is 2.70. The van der Waals surface area contributed by atoms with E-state index in [0.717, 1.165) is 0 Å². The van der Waals surface area contributed by atoms with Crippen LogP contribution in [0, 0.1) is 0 Å². The van der Waals surface area contributed by atoms with Crippen molar-refractivity contribution >= 4 is 0 Å². The Bertz CT molecular complexity index is 240. The molecule has 1 unspecified atom stereocenters. The van der Waals surface area contributed by atoms with Gasteiger partial charge in [-0.1, -0.05) is 6.07 Å². The third-order valence-corrected chi connectivity index (χ3v) is 1.44. The van der Waals surface area contributed by atoms with Crippen molar-refractivity contribution in [1.82, 2.24) is 4.98 Å². The number of alkyl halides is 2. The van der Waals surface area contributed by atoms with Gasteiger partial charge < -0.3 is 5.11 Å². The molecule has 1 rings (SSSR count). The van der Waals surface area contributed by atoms with Crippen LogP contribution in [0.25, 0.3) is 0 Å². The lowest BCUT2D eigenvalue weighted by molar-refractivity contribution is 0.143. The average molecular weight is 173 g/mol. The largest absolute Gasteiger partial charge is 0.387 e. The van der Waals surface area contributed by atoms with Gasteiger partial charge in [0.2, 0.25) is 0 Å². The smallest absolute Gasteiger partial charge is 0.280 e. The maximum Gasteiger partial charge on any atom is 0.280 e. The molecule has 1 aromatic heterocycles. The quantitative estimate of drug-likeness (QED) is 0.742. The summed E-state index contributed by atoms with van der Waals surface area (Å²) in [5.41, 5.74) is -0.0267. The Morgan fingerprint density at radius 3 is 2.42 bits per heavy atom. The van der Waals surface area contributed by atoms with Crippen LogP contribution in [0.5, 0.6) is 0 Å². The number of aromatic nitrogens is 1. The van der Waals surface area contributed by atoms with Gasteiger partial charge in [-0.3, -0.25) is 0 Å². The minimum absolute atomic E-state index is 0.271. The van der Waals surface area contributed by atoms with E-state index in [0.29, 0.717) is 0 Å². The number of hydrogen-bond acceptors (Lipinski definition) is 2. The summed E-state index contributed by atoms with van der Waals surface area (Å²) in [6.07, 6.45) is -3.38. The second kappa shape index (κ2) is 3.58. The molecule has 0 amide bonds. The molecule has 0 saturated heterocycles. The summed E-state index contributed by atoms with van der Waals surface area (Å²) in [5, 5.41) is 9.02.